The molecule has 1 aromatic heterocycles. The van der Waals surface area contributed by atoms with Crippen molar-refractivity contribution < 1.29 is 9.21 Å². The quantitative estimate of drug-likeness (QED) is 0.840. The lowest BCUT2D eigenvalue weighted by Gasteiger charge is -2.34. The Hall–Kier alpha value is -1.42. The molecule has 1 aromatic carbocycles. The fraction of sp³-hybridized carbons (Fsp3) is 0.500. The minimum absolute atomic E-state index is 0.0543. The number of carbonyl (C=O) groups is 1. The smallest absolute Gasteiger partial charge is 0.289 e. The fourth-order valence-corrected chi connectivity index (χ4v) is 4.11. The first-order valence-corrected chi connectivity index (χ1v) is 9.28. The zero-order chi connectivity index (χ0) is 15.7. The number of piperidine rings is 1. The Kier molecular flexibility index (Phi) is 4.48. The minimum atomic E-state index is 0.0543. The molecule has 0 saturated carbocycles. The lowest BCUT2D eigenvalue weighted by Crippen LogP contribution is -2.42. The zero-order valence-corrected chi connectivity index (χ0v) is 14.3. The van der Waals surface area contributed by atoms with Crippen LogP contribution in [0.3, 0.4) is 0 Å². The van der Waals surface area contributed by atoms with Gasteiger partial charge in [0.05, 0.1) is 0 Å². The van der Waals surface area contributed by atoms with Gasteiger partial charge in [0, 0.05) is 29.8 Å². The Morgan fingerprint density at radius 2 is 1.95 bits per heavy atom. The van der Waals surface area contributed by atoms with Crippen molar-refractivity contribution in [1.29, 1.82) is 0 Å². The van der Waals surface area contributed by atoms with Crippen LogP contribution in [-0.2, 0) is 5.75 Å². The number of benzene rings is 1. The van der Waals surface area contributed by atoms with Gasteiger partial charge in [-0.05, 0) is 30.6 Å². The maximum absolute atomic E-state index is 13.0. The lowest BCUT2D eigenvalue weighted by molar-refractivity contribution is 0.0592. The zero-order valence-electron chi connectivity index (χ0n) is 13.5. The van der Waals surface area contributed by atoms with Crippen molar-refractivity contribution in [2.75, 3.05) is 19.3 Å². The largest absolute Gasteiger partial charge is 0.451 e. The average Bonchev–Trinajstić information content (AvgIpc) is 2.85. The monoisotopic (exact) mass is 317 g/mol. The van der Waals surface area contributed by atoms with Crippen LogP contribution in [0.5, 0.6) is 0 Å². The normalized spacial score (nSPS) is 22.2. The van der Waals surface area contributed by atoms with E-state index in [2.05, 4.69) is 20.1 Å². The highest BCUT2D eigenvalue weighted by molar-refractivity contribution is 7.97. The number of likely N-dealkylation sites (tertiary alicyclic amines) is 1. The topological polar surface area (TPSA) is 33.5 Å². The Labute approximate surface area is 136 Å². The summed E-state index contributed by atoms with van der Waals surface area (Å²) in [5.74, 6) is 2.51. The molecule has 2 atom stereocenters. The number of hydrogen-bond donors (Lipinski definition) is 0. The molecule has 118 valence electrons. The van der Waals surface area contributed by atoms with Crippen molar-refractivity contribution in [2.24, 2.45) is 11.8 Å². The van der Waals surface area contributed by atoms with Gasteiger partial charge in [-0.1, -0.05) is 32.0 Å². The minimum Gasteiger partial charge on any atom is -0.451 e. The van der Waals surface area contributed by atoms with Gasteiger partial charge < -0.3 is 9.32 Å². The van der Waals surface area contributed by atoms with Gasteiger partial charge >= 0.3 is 0 Å². The maximum Gasteiger partial charge on any atom is 0.289 e. The molecule has 4 heteroatoms. The highest BCUT2D eigenvalue weighted by Crippen LogP contribution is 2.31. The standard InChI is InChI=1S/C18H23NO2S/c1-12-8-13(2)10-19(9-12)18(20)17-15(11-22-3)14-6-4-5-7-16(14)21-17/h4-7,12-13H,8-11H2,1-3H3. The third-order valence-corrected chi connectivity index (χ3v) is 4.91. The summed E-state index contributed by atoms with van der Waals surface area (Å²) >= 11 is 1.72. The predicted octanol–water partition coefficient (Wildman–Crippen LogP) is 4.41. The van der Waals surface area contributed by atoms with Crippen molar-refractivity contribution in [1.82, 2.24) is 4.90 Å². The van der Waals surface area contributed by atoms with Crippen molar-refractivity contribution in [2.45, 2.75) is 26.0 Å². The molecule has 1 saturated heterocycles. The fourth-order valence-electron chi connectivity index (χ4n) is 3.53. The number of para-hydroxylation sites is 1. The van der Waals surface area contributed by atoms with E-state index < -0.39 is 0 Å². The molecule has 0 N–H and O–H groups in total. The van der Waals surface area contributed by atoms with E-state index in [1.807, 2.05) is 29.2 Å². The summed E-state index contributed by atoms with van der Waals surface area (Å²) in [5.41, 5.74) is 1.85. The van der Waals surface area contributed by atoms with Crippen molar-refractivity contribution in [3.63, 3.8) is 0 Å². The van der Waals surface area contributed by atoms with E-state index in [1.54, 1.807) is 11.8 Å². The highest BCUT2D eigenvalue weighted by atomic mass is 32.2. The number of hydrogen-bond acceptors (Lipinski definition) is 3. The second kappa shape index (κ2) is 6.37. The molecule has 22 heavy (non-hydrogen) atoms. The molecule has 3 nitrogen and oxygen atoms in total. The first-order chi connectivity index (χ1) is 10.6. The molecule has 0 radical (unpaired) electrons. The predicted molar refractivity (Wildman–Crippen MR) is 92.3 cm³/mol. The molecule has 0 bridgehead atoms. The van der Waals surface area contributed by atoms with Gasteiger partial charge in [-0.3, -0.25) is 4.79 Å². The van der Waals surface area contributed by atoms with Crippen LogP contribution in [0.1, 0.15) is 36.4 Å². The number of thioether (sulfide) groups is 1. The SMILES string of the molecule is CSCc1c(C(=O)N2CC(C)CC(C)C2)oc2ccccc12. The molecule has 3 rings (SSSR count). The number of rotatable bonds is 3. The van der Waals surface area contributed by atoms with Gasteiger partial charge in [0.25, 0.3) is 5.91 Å². The molecule has 2 heterocycles. The number of nitrogens with zero attached hydrogens (tertiary/aromatic N) is 1. The van der Waals surface area contributed by atoms with Crippen LogP contribution in [0.2, 0.25) is 0 Å². The second-order valence-corrected chi connectivity index (χ2v) is 7.36. The van der Waals surface area contributed by atoms with E-state index >= 15 is 0 Å². The van der Waals surface area contributed by atoms with E-state index in [-0.39, 0.29) is 5.91 Å². The molecule has 1 amide bonds. The van der Waals surface area contributed by atoms with Crippen molar-refractivity contribution in [3.05, 3.63) is 35.6 Å². The summed E-state index contributed by atoms with van der Waals surface area (Å²) < 4.78 is 5.93. The van der Waals surface area contributed by atoms with E-state index in [4.69, 9.17) is 4.42 Å². The van der Waals surface area contributed by atoms with Gasteiger partial charge in [0.1, 0.15) is 5.58 Å². The van der Waals surface area contributed by atoms with Gasteiger partial charge in [-0.2, -0.15) is 11.8 Å². The van der Waals surface area contributed by atoms with E-state index in [9.17, 15) is 4.79 Å². The van der Waals surface area contributed by atoms with Crippen molar-refractivity contribution in [3.8, 4) is 0 Å². The molecule has 0 aliphatic carbocycles. The first-order valence-electron chi connectivity index (χ1n) is 7.88. The molecule has 2 unspecified atom stereocenters. The van der Waals surface area contributed by atoms with E-state index in [0.717, 1.165) is 35.4 Å². The molecule has 1 aliphatic rings. The Morgan fingerprint density at radius 3 is 2.64 bits per heavy atom. The maximum atomic E-state index is 13.0. The number of furan rings is 1. The van der Waals surface area contributed by atoms with Gasteiger partial charge in [-0.15, -0.1) is 0 Å². The third kappa shape index (κ3) is 2.89. The van der Waals surface area contributed by atoms with Crippen molar-refractivity contribution >= 4 is 28.6 Å². The summed E-state index contributed by atoms with van der Waals surface area (Å²) in [6.07, 6.45) is 3.25. The second-order valence-electron chi connectivity index (χ2n) is 6.50. The lowest BCUT2D eigenvalue weighted by atomic mass is 9.91. The molecular formula is C18H23NO2S. The van der Waals surface area contributed by atoms with Gasteiger partial charge in [0.15, 0.2) is 5.76 Å². The number of carbonyl (C=O) groups excluding carboxylic acids is 1. The summed E-state index contributed by atoms with van der Waals surface area (Å²) in [6.45, 7) is 6.10. The molecule has 2 aromatic rings. The summed E-state index contributed by atoms with van der Waals surface area (Å²) in [6, 6.07) is 7.94. The van der Waals surface area contributed by atoms with Crippen LogP contribution in [0.15, 0.2) is 28.7 Å². The van der Waals surface area contributed by atoms with Crippen LogP contribution in [0.25, 0.3) is 11.0 Å². The first kappa shape index (κ1) is 15.5. The average molecular weight is 317 g/mol. The third-order valence-electron chi connectivity index (χ3n) is 4.34. The van der Waals surface area contributed by atoms with Crippen LogP contribution >= 0.6 is 11.8 Å². The Balaban J connectivity index is 1.97. The number of fused-ring (bicyclic) bond motifs is 1. The highest BCUT2D eigenvalue weighted by Gasteiger charge is 2.30. The van der Waals surface area contributed by atoms with Crippen LogP contribution in [0, 0.1) is 11.8 Å². The Morgan fingerprint density at radius 1 is 1.27 bits per heavy atom. The van der Waals surface area contributed by atoms with Crippen LogP contribution in [-0.4, -0.2) is 30.2 Å². The van der Waals surface area contributed by atoms with E-state index in [0.29, 0.717) is 17.6 Å². The summed E-state index contributed by atoms with van der Waals surface area (Å²) in [4.78, 5) is 15.0. The molecular weight excluding hydrogens is 294 g/mol. The van der Waals surface area contributed by atoms with Gasteiger partial charge in [0.2, 0.25) is 0 Å². The Bertz CT molecular complexity index is 669. The molecule has 0 spiro atoms. The number of amides is 1. The summed E-state index contributed by atoms with van der Waals surface area (Å²) in [5, 5.41) is 1.07. The summed E-state index contributed by atoms with van der Waals surface area (Å²) in [7, 11) is 0. The van der Waals surface area contributed by atoms with E-state index in [1.165, 1.54) is 6.42 Å². The molecule has 1 aliphatic heterocycles. The van der Waals surface area contributed by atoms with Crippen LogP contribution in [0.4, 0.5) is 0 Å². The van der Waals surface area contributed by atoms with Gasteiger partial charge in [-0.25, -0.2) is 0 Å². The molecule has 1 fully saturated rings. The van der Waals surface area contributed by atoms with Crippen LogP contribution < -0.4 is 0 Å².